The van der Waals surface area contributed by atoms with Gasteiger partial charge in [0.1, 0.15) is 5.75 Å². The van der Waals surface area contributed by atoms with Gasteiger partial charge < -0.3 is 15.4 Å². The molecular formula is C22H26N2O3. The first-order valence-corrected chi connectivity index (χ1v) is 9.43. The first-order chi connectivity index (χ1) is 13.0. The fourth-order valence-corrected chi connectivity index (χ4v) is 2.86. The van der Waals surface area contributed by atoms with Gasteiger partial charge in [0.15, 0.2) is 6.10 Å². The van der Waals surface area contributed by atoms with Gasteiger partial charge in [0.25, 0.3) is 5.91 Å². The maximum atomic E-state index is 12.7. The third kappa shape index (κ3) is 4.67. The molecule has 1 fully saturated rings. The van der Waals surface area contributed by atoms with Crippen molar-refractivity contribution in [3.63, 3.8) is 0 Å². The molecule has 1 unspecified atom stereocenters. The third-order valence-corrected chi connectivity index (χ3v) is 4.82. The van der Waals surface area contributed by atoms with E-state index < -0.39 is 6.10 Å². The number of benzene rings is 2. The SMILES string of the molecule is CCC(Oc1ccccc1C)C(=O)Nc1cccc(NC(=O)C2CC2)c1C. The predicted octanol–water partition coefficient (Wildman–Crippen LogP) is 4.45. The van der Waals surface area contributed by atoms with Crippen LogP contribution in [0, 0.1) is 19.8 Å². The second-order valence-corrected chi connectivity index (χ2v) is 7.01. The molecule has 142 valence electrons. The molecule has 0 aromatic heterocycles. The molecule has 0 radical (unpaired) electrons. The van der Waals surface area contributed by atoms with Crippen molar-refractivity contribution in [3.8, 4) is 5.75 Å². The summed E-state index contributed by atoms with van der Waals surface area (Å²) in [5.74, 6) is 0.696. The molecule has 2 aromatic carbocycles. The van der Waals surface area contributed by atoms with Crippen LogP contribution in [0.1, 0.15) is 37.3 Å². The van der Waals surface area contributed by atoms with Gasteiger partial charge in [-0.25, -0.2) is 0 Å². The average Bonchev–Trinajstić information content (AvgIpc) is 3.49. The number of ether oxygens (including phenoxy) is 1. The van der Waals surface area contributed by atoms with Crippen LogP contribution in [0.15, 0.2) is 42.5 Å². The van der Waals surface area contributed by atoms with E-state index in [1.54, 1.807) is 0 Å². The van der Waals surface area contributed by atoms with Crippen molar-refractivity contribution in [1.82, 2.24) is 0 Å². The first kappa shape index (κ1) is 19.0. The van der Waals surface area contributed by atoms with Gasteiger partial charge in [0.2, 0.25) is 5.91 Å². The Bertz CT molecular complexity index is 843. The second-order valence-electron chi connectivity index (χ2n) is 7.01. The lowest BCUT2D eigenvalue weighted by Crippen LogP contribution is -2.32. The van der Waals surface area contributed by atoms with E-state index in [2.05, 4.69) is 10.6 Å². The number of hydrogen-bond acceptors (Lipinski definition) is 3. The highest BCUT2D eigenvalue weighted by atomic mass is 16.5. The summed E-state index contributed by atoms with van der Waals surface area (Å²) < 4.78 is 5.92. The number of aryl methyl sites for hydroxylation is 1. The maximum absolute atomic E-state index is 12.7. The summed E-state index contributed by atoms with van der Waals surface area (Å²) in [6, 6.07) is 13.2. The number of hydrogen-bond donors (Lipinski definition) is 2. The highest BCUT2D eigenvalue weighted by Crippen LogP contribution is 2.32. The Labute approximate surface area is 160 Å². The number of anilines is 2. The summed E-state index contributed by atoms with van der Waals surface area (Å²) in [4.78, 5) is 24.8. The number of rotatable bonds is 7. The zero-order valence-corrected chi connectivity index (χ0v) is 16.0. The van der Waals surface area contributed by atoms with Crippen LogP contribution in [0.5, 0.6) is 5.75 Å². The zero-order valence-electron chi connectivity index (χ0n) is 16.0. The molecule has 2 aromatic rings. The number of nitrogens with one attached hydrogen (secondary N) is 2. The highest BCUT2D eigenvalue weighted by molar-refractivity contribution is 5.98. The lowest BCUT2D eigenvalue weighted by atomic mass is 10.1. The zero-order chi connectivity index (χ0) is 19.4. The molecule has 1 atom stereocenters. The van der Waals surface area contributed by atoms with Gasteiger partial charge in [0, 0.05) is 17.3 Å². The van der Waals surface area contributed by atoms with Crippen molar-refractivity contribution >= 4 is 23.2 Å². The van der Waals surface area contributed by atoms with E-state index in [4.69, 9.17) is 4.74 Å². The van der Waals surface area contributed by atoms with Crippen molar-refractivity contribution in [2.24, 2.45) is 5.92 Å². The van der Waals surface area contributed by atoms with E-state index in [0.717, 1.165) is 29.7 Å². The van der Waals surface area contributed by atoms with Crippen LogP contribution in [-0.4, -0.2) is 17.9 Å². The largest absolute Gasteiger partial charge is 0.480 e. The van der Waals surface area contributed by atoms with Crippen LogP contribution in [-0.2, 0) is 9.59 Å². The van der Waals surface area contributed by atoms with Gasteiger partial charge in [-0.15, -0.1) is 0 Å². The summed E-state index contributed by atoms with van der Waals surface area (Å²) in [7, 11) is 0. The molecule has 27 heavy (non-hydrogen) atoms. The van der Waals surface area contributed by atoms with Gasteiger partial charge in [-0.2, -0.15) is 0 Å². The van der Waals surface area contributed by atoms with Crippen LogP contribution in [0.2, 0.25) is 0 Å². The molecule has 0 saturated heterocycles. The maximum Gasteiger partial charge on any atom is 0.265 e. The van der Waals surface area contributed by atoms with E-state index in [1.165, 1.54) is 0 Å². The number of amides is 2. The topological polar surface area (TPSA) is 67.4 Å². The number of para-hydroxylation sites is 1. The minimum absolute atomic E-state index is 0.0518. The summed E-state index contributed by atoms with van der Waals surface area (Å²) >= 11 is 0. The van der Waals surface area contributed by atoms with Gasteiger partial charge >= 0.3 is 0 Å². The molecule has 0 aliphatic heterocycles. The van der Waals surface area contributed by atoms with Crippen LogP contribution in [0.25, 0.3) is 0 Å². The van der Waals surface area contributed by atoms with Gasteiger partial charge in [-0.3, -0.25) is 9.59 Å². The molecule has 0 spiro atoms. The lowest BCUT2D eigenvalue weighted by Gasteiger charge is -2.20. The van der Waals surface area contributed by atoms with Crippen molar-refractivity contribution in [1.29, 1.82) is 0 Å². The summed E-state index contributed by atoms with van der Waals surface area (Å²) in [5, 5.41) is 5.90. The number of carbonyl (C=O) groups excluding carboxylic acids is 2. The average molecular weight is 366 g/mol. The summed E-state index contributed by atoms with van der Waals surface area (Å²) in [5.41, 5.74) is 3.24. The Balaban J connectivity index is 1.70. The van der Waals surface area contributed by atoms with Crippen molar-refractivity contribution in [3.05, 3.63) is 53.6 Å². The van der Waals surface area contributed by atoms with Crippen LogP contribution < -0.4 is 15.4 Å². The van der Waals surface area contributed by atoms with E-state index >= 15 is 0 Å². The molecule has 5 nitrogen and oxygen atoms in total. The van der Waals surface area contributed by atoms with Crippen molar-refractivity contribution in [2.45, 2.75) is 46.1 Å². The lowest BCUT2D eigenvalue weighted by molar-refractivity contribution is -0.122. The summed E-state index contributed by atoms with van der Waals surface area (Å²) in [6.07, 6.45) is 1.87. The van der Waals surface area contributed by atoms with Gasteiger partial charge in [0.05, 0.1) is 0 Å². The minimum Gasteiger partial charge on any atom is -0.480 e. The minimum atomic E-state index is -0.588. The highest BCUT2D eigenvalue weighted by Gasteiger charge is 2.30. The van der Waals surface area contributed by atoms with E-state index in [1.807, 2.05) is 63.2 Å². The van der Waals surface area contributed by atoms with Gasteiger partial charge in [-0.05, 0) is 62.4 Å². The molecule has 1 aliphatic rings. The Kier molecular flexibility index (Phi) is 5.79. The first-order valence-electron chi connectivity index (χ1n) is 9.43. The summed E-state index contributed by atoms with van der Waals surface area (Å²) in [6.45, 7) is 5.76. The molecule has 3 rings (SSSR count). The Morgan fingerprint density at radius 1 is 1.04 bits per heavy atom. The van der Waals surface area contributed by atoms with E-state index in [-0.39, 0.29) is 17.7 Å². The molecule has 2 amide bonds. The Morgan fingerprint density at radius 2 is 1.70 bits per heavy atom. The monoisotopic (exact) mass is 366 g/mol. The predicted molar refractivity (Wildman–Crippen MR) is 107 cm³/mol. The quantitative estimate of drug-likeness (QED) is 0.761. The molecule has 2 N–H and O–H groups in total. The van der Waals surface area contributed by atoms with Crippen LogP contribution in [0.4, 0.5) is 11.4 Å². The smallest absolute Gasteiger partial charge is 0.265 e. The normalized spacial score (nSPS) is 14.3. The number of carbonyl (C=O) groups is 2. The fraction of sp³-hybridized carbons (Fsp3) is 0.364. The van der Waals surface area contributed by atoms with Crippen molar-refractivity contribution in [2.75, 3.05) is 10.6 Å². The van der Waals surface area contributed by atoms with E-state index in [0.29, 0.717) is 17.9 Å². The Hall–Kier alpha value is -2.82. The standard InChI is InChI=1S/C22H26N2O3/c1-4-19(27-20-11-6-5-8-14(20)2)22(26)24-18-10-7-9-17(15(18)3)23-21(25)16-12-13-16/h5-11,16,19H,4,12-13H2,1-3H3,(H,23,25)(H,24,26). The molecule has 1 aliphatic carbocycles. The molecular weight excluding hydrogens is 340 g/mol. The van der Waals surface area contributed by atoms with Gasteiger partial charge in [-0.1, -0.05) is 31.2 Å². The van der Waals surface area contributed by atoms with Crippen LogP contribution >= 0.6 is 0 Å². The molecule has 1 saturated carbocycles. The molecule has 0 bridgehead atoms. The third-order valence-electron chi connectivity index (χ3n) is 4.82. The van der Waals surface area contributed by atoms with Crippen LogP contribution in [0.3, 0.4) is 0 Å². The Morgan fingerprint density at radius 3 is 2.33 bits per heavy atom. The second kappa shape index (κ2) is 8.25. The molecule has 0 heterocycles. The van der Waals surface area contributed by atoms with Crippen molar-refractivity contribution < 1.29 is 14.3 Å². The fourth-order valence-electron chi connectivity index (χ4n) is 2.86. The molecule has 5 heteroatoms. The van der Waals surface area contributed by atoms with E-state index in [9.17, 15) is 9.59 Å².